The smallest absolute Gasteiger partial charge is 0.417 e. The molecule has 0 spiro atoms. The third-order valence-corrected chi connectivity index (χ3v) is 33.3. The van der Waals surface area contributed by atoms with E-state index in [4.69, 9.17) is 41.8 Å². The summed E-state index contributed by atoms with van der Waals surface area (Å²) in [6.45, 7) is 27.9. The normalized spacial score (nSPS) is 38.1. The van der Waals surface area contributed by atoms with Gasteiger partial charge >= 0.3 is 52.3 Å². The topological polar surface area (TPSA) is 92.3 Å². The van der Waals surface area contributed by atoms with Crippen molar-refractivity contribution in [2.75, 3.05) is 14.2 Å². The van der Waals surface area contributed by atoms with Crippen LogP contribution in [0.1, 0.15) is 0 Å². The van der Waals surface area contributed by atoms with Gasteiger partial charge in [-0.25, -0.2) is 0 Å². The SMILES string of the molecule is CO[Si@@]1(C)O[Si](C)(C)O[Si@@](C)(O[Si](C)(C)C)O[Si@@](C)(O[Si](C)(C)C)O[Si](C)(C)O[Si@@](C)(OC)O1. The molecule has 0 N–H and O–H groups in total. The fraction of sp³-hybridized carbons (Fsp3) is 1.00. The van der Waals surface area contributed by atoms with Gasteiger partial charge in [-0.15, -0.1) is 0 Å². The van der Waals surface area contributed by atoms with Gasteiger partial charge in [0, 0.05) is 40.4 Å². The van der Waals surface area contributed by atoms with E-state index in [0.717, 1.165) is 0 Å². The van der Waals surface area contributed by atoms with Gasteiger partial charge < -0.3 is 41.8 Å². The summed E-state index contributed by atoms with van der Waals surface area (Å²) in [7, 11) is -19.9. The van der Waals surface area contributed by atoms with Crippen molar-refractivity contribution < 1.29 is 41.8 Å². The van der Waals surface area contributed by atoms with E-state index in [2.05, 4.69) is 39.3 Å². The quantitative estimate of drug-likeness (QED) is 0.385. The molecule has 0 aliphatic carbocycles. The highest BCUT2D eigenvalue weighted by Gasteiger charge is 2.60. The van der Waals surface area contributed by atoms with E-state index in [0.29, 0.717) is 0 Å². The molecule has 18 heteroatoms. The van der Waals surface area contributed by atoms with Crippen molar-refractivity contribution in [3.05, 3.63) is 0 Å². The summed E-state index contributed by atoms with van der Waals surface area (Å²) in [5, 5.41) is 0. The molecule has 0 unspecified atom stereocenters. The lowest BCUT2D eigenvalue weighted by molar-refractivity contribution is 0.103. The third-order valence-electron chi connectivity index (χ3n) is 4.19. The van der Waals surface area contributed by atoms with Crippen LogP contribution in [0.2, 0.25) is 91.7 Å². The minimum atomic E-state index is -3.31. The Morgan fingerprint density at radius 2 is 0.647 bits per heavy atom. The van der Waals surface area contributed by atoms with Crippen molar-refractivity contribution in [1.82, 2.24) is 0 Å². The minimum absolute atomic E-state index is 1.57. The fourth-order valence-electron chi connectivity index (χ4n) is 3.95. The molecule has 1 fully saturated rings. The van der Waals surface area contributed by atoms with Gasteiger partial charge in [-0.2, -0.15) is 0 Å². The Bertz CT molecular complexity index is 648. The van der Waals surface area contributed by atoms with E-state index >= 15 is 0 Å². The van der Waals surface area contributed by atoms with E-state index in [1.807, 2.05) is 52.4 Å². The third kappa shape index (κ3) is 11.4. The summed E-state index contributed by atoms with van der Waals surface area (Å²) < 4.78 is 64.5. The maximum Gasteiger partial charge on any atom is 0.481 e. The first-order valence-corrected chi connectivity index (χ1v) is 32.8. The molecule has 204 valence electrons. The largest absolute Gasteiger partial charge is 0.481 e. The van der Waals surface area contributed by atoms with Crippen LogP contribution in [0.15, 0.2) is 0 Å². The van der Waals surface area contributed by atoms with Crippen LogP contribution in [0.4, 0.5) is 0 Å². The monoisotopic (exact) mass is 624 g/mol. The van der Waals surface area contributed by atoms with E-state index < -0.39 is 69.0 Å². The summed E-state index contributed by atoms with van der Waals surface area (Å²) >= 11 is 0. The highest BCUT2D eigenvalue weighted by atomic mass is 28.6. The molecule has 0 amide bonds. The van der Waals surface area contributed by atoms with Crippen LogP contribution in [0.25, 0.3) is 0 Å². The number of hydrogen-bond donors (Lipinski definition) is 0. The predicted molar refractivity (Wildman–Crippen MR) is 151 cm³/mol. The average Bonchev–Trinajstić information content (AvgIpc) is 2.45. The summed E-state index contributed by atoms with van der Waals surface area (Å²) in [6.07, 6.45) is 0. The first-order valence-electron chi connectivity index (χ1n) is 11.5. The van der Waals surface area contributed by atoms with Gasteiger partial charge in [0.05, 0.1) is 0 Å². The molecule has 1 heterocycles. The molecule has 0 aromatic rings. The molecule has 0 aromatic carbocycles. The Labute approximate surface area is 216 Å². The number of hydrogen-bond acceptors (Lipinski definition) is 10. The Kier molecular flexibility index (Phi) is 10.6. The van der Waals surface area contributed by atoms with Gasteiger partial charge in [0.15, 0.2) is 16.6 Å². The van der Waals surface area contributed by atoms with E-state index in [1.165, 1.54) is 0 Å². The molecule has 4 atom stereocenters. The van der Waals surface area contributed by atoms with Crippen LogP contribution in [-0.2, 0) is 41.8 Å². The Morgan fingerprint density at radius 3 is 0.882 bits per heavy atom. The molecule has 1 rings (SSSR count). The van der Waals surface area contributed by atoms with E-state index in [-0.39, 0.29) is 0 Å². The van der Waals surface area contributed by atoms with Crippen LogP contribution in [0.5, 0.6) is 0 Å². The lowest BCUT2D eigenvalue weighted by atomic mass is 11.8. The minimum Gasteiger partial charge on any atom is -0.417 e. The highest BCUT2D eigenvalue weighted by Crippen LogP contribution is 2.34. The Balaban J connectivity index is 3.70. The van der Waals surface area contributed by atoms with Crippen LogP contribution < -0.4 is 0 Å². The van der Waals surface area contributed by atoms with Gasteiger partial charge in [-0.1, -0.05) is 0 Å². The van der Waals surface area contributed by atoms with Crippen molar-refractivity contribution >= 4 is 69.0 Å². The Hall–Kier alpha value is 1.34. The second-order valence-electron chi connectivity index (χ2n) is 11.7. The molecule has 0 saturated carbocycles. The van der Waals surface area contributed by atoms with Gasteiger partial charge in [-0.05, 0) is 65.5 Å². The van der Waals surface area contributed by atoms with Crippen LogP contribution in [0.3, 0.4) is 0 Å². The maximum absolute atomic E-state index is 6.80. The molecule has 1 aliphatic rings. The predicted octanol–water partition coefficient (Wildman–Crippen LogP) is 4.77. The molecule has 34 heavy (non-hydrogen) atoms. The zero-order chi connectivity index (χ0) is 27.1. The van der Waals surface area contributed by atoms with Crippen molar-refractivity contribution in [3.8, 4) is 0 Å². The fourth-order valence-corrected chi connectivity index (χ4v) is 39.3. The Morgan fingerprint density at radius 1 is 0.412 bits per heavy atom. The highest BCUT2D eigenvalue weighted by molar-refractivity contribution is 6.93. The molecular weight excluding hydrogens is 577 g/mol. The van der Waals surface area contributed by atoms with Gasteiger partial charge in [-0.3, -0.25) is 0 Å². The zero-order valence-corrected chi connectivity index (χ0v) is 32.1. The first kappa shape index (κ1) is 33.4. The van der Waals surface area contributed by atoms with Crippen LogP contribution in [0, 0.1) is 0 Å². The lowest BCUT2D eigenvalue weighted by Crippen LogP contribution is -2.70. The number of rotatable bonds is 6. The second kappa shape index (κ2) is 10.8. The van der Waals surface area contributed by atoms with Crippen molar-refractivity contribution in [1.29, 1.82) is 0 Å². The summed E-state index contributed by atoms with van der Waals surface area (Å²) in [4.78, 5) is 0. The first-order chi connectivity index (χ1) is 14.8. The molecule has 1 saturated heterocycles. The molecule has 1 aliphatic heterocycles. The van der Waals surface area contributed by atoms with Gasteiger partial charge in [0.2, 0.25) is 0 Å². The second-order valence-corrected chi connectivity index (χ2v) is 40.0. The molecule has 0 bridgehead atoms. The molecular formula is C16H48O10Si8. The molecule has 0 radical (unpaired) electrons. The van der Waals surface area contributed by atoms with E-state index in [1.54, 1.807) is 14.2 Å². The summed E-state index contributed by atoms with van der Waals surface area (Å²) in [5.74, 6) is 0. The van der Waals surface area contributed by atoms with Crippen LogP contribution >= 0.6 is 0 Å². The zero-order valence-electron chi connectivity index (χ0n) is 24.1. The van der Waals surface area contributed by atoms with Crippen molar-refractivity contribution in [2.24, 2.45) is 0 Å². The van der Waals surface area contributed by atoms with Crippen LogP contribution in [-0.4, -0.2) is 83.2 Å². The summed E-state index contributed by atoms with van der Waals surface area (Å²) in [5.41, 5.74) is 0. The standard InChI is InChI=1S/C16H48O10Si8/c1-17-31(13)21-29(9,10)23-33(15,19-27(3,4)5)26-34(16,20-28(6,7)8)24-30(11,12)22-32(14,18-2)25-31/h1-16H3/t31-,32+,33+,34-. The van der Waals surface area contributed by atoms with Gasteiger partial charge in [0.25, 0.3) is 0 Å². The lowest BCUT2D eigenvalue weighted by Gasteiger charge is -2.48. The summed E-state index contributed by atoms with van der Waals surface area (Å²) in [6, 6.07) is 0. The average molecular weight is 625 g/mol. The van der Waals surface area contributed by atoms with Crippen molar-refractivity contribution in [3.63, 3.8) is 0 Å². The van der Waals surface area contributed by atoms with E-state index in [9.17, 15) is 0 Å². The molecule has 10 nitrogen and oxygen atoms in total. The molecule has 0 aromatic heterocycles. The van der Waals surface area contributed by atoms with Gasteiger partial charge in [0.1, 0.15) is 0 Å². The maximum atomic E-state index is 6.80. The van der Waals surface area contributed by atoms with Crippen molar-refractivity contribution in [2.45, 2.75) is 91.7 Å².